The molecule has 0 radical (unpaired) electrons. The second-order valence-corrected chi connectivity index (χ2v) is 29.1. The zero-order valence-corrected chi connectivity index (χ0v) is 52.2. The molecule has 5 unspecified atom stereocenters. The molecule has 5 atom stereocenters. The number of carbonyl (C=O) groups is 1. The van der Waals surface area contributed by atoms with Gasteiger partial charge in [0.05, 0.1) is 12.3 Å². The van der Waals surface area contributed by atoms with Gasteiger partial charge < -0.3 is 24.9 Å². The summed E-state index contributed by atoms with van der Waals surface area (Å²) >= 11 is 0. The summed E-state index contributed by atoms with van der Waals surface area (Å²) in [7, 11) is 0. The van der Waals surface area contributed by atoms with Crippen molar-refractivity contribution in [3.63, 3.8) is 0 Å². The summed E-state index contributed by atoms with van der Waals surface area (Å²) in [5.41, 5.74) is 2.04. The van der Waals surface area contributed by atoms with Crippen LogP contribution in [-0.4, -0.2) is 255 Å². The Morgan fingerprint density at radius 1 is 0.533 bits per heavy atom. The first-order valence-corrected chi connectivity index (χ1v) is 31.0. The van der Waals surface area contributed by atoms with Gasteiger partial charge in [-0.3, -0.25) is 39.1 Å². The van der Waals surface area contributed by atoms with Crippen molar-refractivity contribution >= 4 is 5.97 Å². The SMILES string of the molecule is C=C(O)CN1CC2CN(C(C)C)CC2C1.CC(C)(C)N1CCC(N2CCCC2C(=O)O)CC1.CCN1CC2CC1CN2C(C)(C)C.CCN1CCC2(CC1)CCN(C(C)(C)C)CC2.CCN1CCN(C(C)(C)C)CC1. The van der Waals surface area contributed by atoms with Crippen LogP contribution in [0.2, 0.25) is 0 Å². The number of piperidine rings is 3. The minimum atomic E-state index is -0.634. The Hall–Kier alpha value is -1.39. The van der Waals surface area contributed by atoms with E-state index in [2.05, 4.69) is 173 Å². The quantitative estimate of drug-likeness (QED) is 0.227. The lowest BCUT2D eigenvalue weighted by molar-refractivity contribution is -0.143. The number of hydrogen-bond donors (Lipinski definition) is 2. The van der Waals surface area contributed by atoms with Crippen molar-refractivity contribution in [3.8, 4) is 0 Å². The smallest absolute Gasteiger partial charge is 0.320 e. The van der Waals surface area contributed by atoms with Crippen molar-refractivity contribution in [2.24, 2.45) is 17.3 Å². The molecule has 9 rings (SSSR count). The molecule has 0 aromatic rings. The van der Waals surface area contributed by atoms with Crippen molar-refractivity contribution in [1.82, 2.24) is 49.0 Å². The molecule has 438 valence electrons. The fraction of sp³-hybridized carbons (Fsp3) is 0.952. The number of carboxylic acid groups (broad SMARTS) is 1. The number of hydrogen-bond acceptors (Lipinski definition) is 12. The van der Waals surface area contributed by atoms with Crippen LogP contribution in [0.3, 0.4) is 0 Å². The molecule has 1 spiro atoms. The Labute approximate surface area is 463 Å². The minimum Gasteiger partial charge on any atom is -0.512 e. The number of carboxylic acids is 1. The van der Waals surface area contributed by atoms with Crippen LogP contribution in [0.5, 0.6) is 0 Å². The van der Waals surface area contributed by atoms with E-state index in [1.807, 2.05) is 0 Å². The highest BCUT2D eigenvalue weighted by molar-refractivity contribution is 5.73. The minimum absolute atomic E-state index is 0.226. The van der Waals surface area contributed by atoms with Gasteiger partial charge in [-0.05, 0) is 224 Å². The van der Waals surface area contributed by atoms with Crippen molar-refractivity contribution in [3.05, 3.63) is 12.3 Å². The lowest BCUT2D eigenvalue weighted by atomic mass is 9.70. The molecular weight excluding hydrogens is 933 g/mol. The van der Waals surface area contributed by atoms with E-state index in [9.17, 15) is 9.90 Å². The van der Waals surface area contributed by atoms with E-state index in [0.29, 0.717) is 46.4 Å². The fourth-order valence-corrected chi connectivity index (χ4v) is 14.5. The average Bonchev–Trinajstić information content (AvgIpc) is 4.20. The topological polar surface area (TPSA) is 89.9 Å². The molecule has 2 bridgehead atoms. The Balaban J connectivity index is 0.000000175. The highest BCUT2D eigenvalue weighted by atomic mass is 16.4. The Kier molecular flexibility index (Phi) is 23.9. The van der Waals surface area contributed by atoms with E-state index in [-0.39, 0.29) is 11.6 Å². The van der Waals surface area contributed by atoms with Crippen LogP contribution >= 0.6 is 0 Å². The van der Waals surface area contributed by atoms with Crippen LogP contribution in [0.25, 0.3) is 0 Å². The van der Waals surface area contributed by atoms with E-state index >= 15 is 0 Å². The zero-order valence-electron chi connectivity index (χ0n) is 52.2. The first kappa shape index (κ1) is 64.4. The first-order valence-electron chi connectivity index (χ1n) is 31.0. The van der Waals surface area contributed by atoms with Crippen LogP contribution in [0, 0.1) is 17.3 Å². The molecule has 0 aliphatic carbocycles. The molecule has 0 aromatic carbocycles. The van der Waals surface area contributed by atoms with Crippen LogP contribution in [0.4, 0.5) is 0 Å². The number of likely N-dealkylation sites (N-methyl/N-ethyl adjacent to an activating group) is 2. The molecule has 13 nitrogen and oxygen atoms in total. The summed E-state index contributed by atoms with van der Waals surface area (Å²) in [6.07, 6.45) is 11.2. The second-order valence-electron chi connectivity index (χ2n) is 29.1. The highest BCUT2D eigenvalue weighted by Gasteiger charge is 2.46. The van der Waals surface area contributed by atoms with E-state index in [1.54, 1.807) is 0 Å². The van der Waals surface area contributed by atoms with Crippen molar-refractivity contribution < 1.29 is 15.0 Å². The zero-order chi connectivity index (χ0) is 55.7. The number of aliphatic hydroxyl groups is 1. The third-order valence-electron chi connectivity index (χ3n) is 19.7. The molecule has 75 heavy (non-hydrogen) atoms. The molecule has 9 aliphatic rings. The van der Waals surface area contributed by atoms with Crippen molar-refractivity contribution in [2.75, 3.05) is 137 Å². The van der Waals surface area contributed by atoms with Gasteiger partial charge in [0, 0.05) is 125 Å². The predicted molar refractivity (Wildman–Crippen MR) is 317 cm³/mol. The maximum atomic E-state index is 11.2. The molecule has 9 saturated heterocycles. The number of fused-ring (bicyclic) bond motifs is 3. The molecule has 2 N–H and O–H groups in total. The summed E-state index contributed by atoms with van der Waals surface area (Å²) in [4.78, 5) is 36.6. The van der Waals surface area contributed by atoms with Gasteiger partial charge >= 0.3 is 5.97 Å². The number of likely N-dealkylation sites (tertiary alicyclic amines) is 8. The first-order chi connectivity index (χ1) is 35.0. The van der Waals surface area contributed by atoms with Gasteiger partial charge in [-0.15, -0.1) is 0 Å². The van der Waals surface area contributed by atoms with Crippen LogP contribution < -0.4 is 0 Å². The summed E-state index contributed by atoms with van der Waals surface area (Å²) in [5.74, 6) is 1.29. The summed E-state index contributed by atoms with van der Waals surface area (Å²) in [6.45, 7) is 67.7. The Morgan fingerprint density at radius 3 is 1.43 bits per heavy atom. The summed E-state index contributed by atoms with van der Waals surface area (Å²) < 4.78 is 0. The number of nitrogens with zero attached hydrogens (tertiary/aromatic N) is 10. The number of rotatable bonds is 8. The molecule has 0 aromatic heterocycles. The Morgan fingerprint density at radius 2 is 1.01 bits per heavy atom. The van der Waals surface area contributed by atoms with Gasteiger partial charge in [-0.1, -0.05) is 27.4 Å². The van der Waals surface area contributed by atoms with Gasteiger partial charge in [0.15, 0.2) is 0 Å². The molecule has 9 aliphatic heterocycles. The van der Waals surface area contributed by atoms with Gasteiger partial charge in [-0.2, -0.15) is 0 Å². The van der Waals surface area contributed by atoms with Gasteiger partial charge in [0.25, 0.3) is 0 Å². The van der Waals surface area contributed by atoms with E-state index in [1.165, 1.54) is 130 Å². The maximum Gasteiger partial charge on any atom is 0.320 e. The second kappa shape index (κ2) is 27.9. The average molecular weight is 1060 g/mol. The molecule has 0 saturated carbocycles. The van der Waals surface area contributed by atoms with Gasteiger partial charge in [0.1, 0.15) is 6.04 Å². The standard InChI is InChI=1S/C15H30N2.C14H26N2O2.C12H22N2O.C11H22N2.C10H22N2/c1-5-16-10-6-15(7-11-16)8-12-17(13-9-15)14(2,3)4;1-14(2,3)15-9-6-11(7-10-15)16-8-4-5-12(16)13(17)18;1-9(2)14-7-11-5-13(4-10(3)15)6-12(11)8-14;1-5-12-7-10-6-9(12)8-13(10)11(2,3)4;1-5-11-6-8-12(9-7-11)10(2,3)4/h5-13H2,1-4H3;11-12H,4-10H2,1-3H3,(H,17,18);9,11-12,15H,3-8H2,1-2H3;9-10H,5-8H2,1-4H3;5-9H2,1-4H3. The van der Waals surface area contributed by atoms with Crippen LogP contribution in [-0.2, 0) is 4.79 Å². The van der Waals surface area contributed by atoms with E-state index in [0.717, 1.165) is 82.3 Å². The van der Waals surface area contributed by atoms with Crippen molar-refractivity contribution in [2.45, 2.75) is 228 Å². The Bertz CT molecular complexity index is 1670. The molecule has 0 amide bonds. The molecule has 9 fully saturated rings. The van der Waals surface area contributed by atoms with Crippen LogP contribution in [0.1, 0.15) is 175 Å². The van der Waals surface area contributed by atoms with E-state index in [4.69, 9.17) is 5.11 Å². The van der Waals surface area contributed by atoms with Gasteiger partial charge in [-0.25, -0.2) is 0 Å². The third kappa shape index (κ3) is 18.8. The third-order valence-corrected chi connectivity index (χ3v) is 19.7. The highest BCUT2D eigenvalue weighted by Crippen LogP contribution is 2.42. The van der Waals surface area contributed by atoms with Crippen molar-refractivity contribution in [1.29, 1.82) is 0 Å². The predicted octanol–water partition coefficient (Wildman–Crippen LogP) is 9.10. The largest absolute Gasteiger partial charge is 0.512 e. The maximum absolute atomic E-state index is 11.2. The molecule has 9 heterocycles. The fourth-order valence-electron chi connectivity index (χ4n) is 14.5. The summed E-state index contributed by atoms with van der Waals surface area (Å²) in [6, 6.07) is 2.62. The number of aliphatic hydroxyl groups excluding tert-OH is 1. The normalized spacial score (nSPS) is 29.5. The van der Waals surface area contributed by atoms with E-state index < -0.39 is 5.97 Å². The molecule has 13 heteroatoms. The summed E-state index contributed by atoms with van der Waals surface area (Å²) in [5, 5.41) is 18.4. The molecular formula is C62H122N10O3. The number of piperazine rings is 2. The van der Waals surface area contributed by atoms with Crippen LogP contribution in [0.15, 0.2) is 12.3 Å². The lowest BCUT2D eigenvalue weighted by Gasteiger charge is -2.49. The lowest BCUT2D eigenvalue weighted by Crippen LogP contribution is -2.53. The number of aliphatic carboxylic acids is 1. The van der Waals surface area contributed by atoms with Gasteiger partial charge in [0.2, 0.25) is 0 Å². The monoisotopic (exact) mass is 1050 g/mol.